The van der Waals surface area contributed by atoms with Crippen LogP contribution in [0.3, 0.4) is 0 Å². The van der Waals surface area contributed by atoms with E-state index in [1.165, 1.54) is 0 Å². The van der Waals surface area contributed by atoms with Gasteiger partial charge in [0.1, 0.15) is 0 Å². The smallest absolute Gasteiger partial charge is 0.304 e. The fourth-order valence-electron chi connectivity index (χ4n) is 3.65. The molecular weight excluding hydrogens is 410 g/mol. The van der Waals surface area contributed by atoms with Crippen molar-refractivity contribution in [2.45, 2.75) is 25.9 Å². The molecule has 0 radical (unpaired) electrons. The van der Waals surface area contributed by atoms with Crippen molar-refractivity contribution in [1.82, 2.24) is 10.7 Å². The van der Waals surface area contributed by atoms with Crippen LogP contribution in [0.1, 0.15) is 38.7 Å². The Labute approximate surface area is 186 Å². The average Bonchev–Trinajstić information content (AvgIpc) is 3.05. The Balaban J connectivity index is 1.71. The van der Waals surface area contributed by atoms with E-state index in [0.29, 0.717) is 10.6 Å². The predicted octanol–water partition coefficient (Wildman–Crippen LogP) is 3.97. The average molecular weight is 433 g/mol. The van der Waals surface area contributed by atoms with Crippen molar-refractivity contribution in [1.29, 1.82) is 0 Å². The summed E-state index contributed by atoms with van der Waals surface area (Å²) in [4.78, 5) is 25.8. The lowest BCUT2D eigenvalue weighted by molar-refractivity contribution is -0.596. The van der Waals surface area contributed by atoms with E-state index in [1.807, 2.05) is 68.6 Å². The summed E-state index contributed by atoms with van der Waals surface area (Å²) < 4.78 is 1.78. The van der Waals surface area contributed by atoms with Crippen molar-refractivity contribution in [3.05, 3.63) is 106 Å². The lowest BCUT2D eigenvalue weighted by Gasteiger charge is -2.15. The number of hydrazone groups is 1. The molecule has 2 N–H and O–H groups in total. The number of hydrogen-bond donors (Lipinski definition) is 2. The van der Waals surface area contributed by atoms with Gasteiger partial charge in [-0.1, -0.05) is 59.6 Å². The fraction of sp³-hybridized carbons (Fsp3) is 0.160. The van der Waals surface area contributed by atoms with Gasteiger partial charge in [0.15, 0.2) is 6.04 Å². The Morgan fingerprint density at radius 2 is 1.68 bits per heavy atom. The highest BCUT2D eigenvalue weighted by atomic mass is 35.5. The van der Waals surface area contributed by atoms with Gasteiger partial charge < -0.3 is 5.32 Å². The van der Waals surface area contributed by atoms with Crippen LogP contribution in [0.25, 0.3) is 0 Å². The molecule has 0 aliphatic carbocycles. The maximum absolute atomic E-state index is 12.9. The van der Waals surface area contributed by atoms with Gasteiger partial charge in [0.25, 0.3) is 5.91 Å². The number of aryl methyl sites for hydroxylation is 2. The first-order chi connectivity index (χ1) is 14.9. The summed E-state index contributed by atoms with van der Waals surface area (Å²) >= 11 is 5.93. The van der Waals surface area contributed by atoms with Crippen molar-refractivity contribution in [3.63, 3.8) is 0 Å². The normalized spacial score (nSPS) is 19.3. The Hall–Kier alpha value is -3.44. The van der Waals surface area contributed by atoms with Gasteiger partial charge >= 0.3 is 5.91 Å². The highest BCUT2D eigenvalue weighted by molar-refractivity contribution is 6.30. The summed E-state index contributed by atoms with van der Waals surface area (Å²) in [7, 11) is 0. The molecule has 0 saturated carbocycles. The van der Waals surface area contributed by atoms with Crippen LogP contribution in [-0.2, 0) is 4.79 Å². The lowest BCUT2D eigenvalue weighted by atomic mass is 9.98. The molecule has 2 atom stereocenters. The number of rotatable bonds is 4. The molecular formula is C25H23ClN3O2+. The zero-order valence-electron chi connectivity index (χ0n) is 17.3. The molecule has 0 unspecified atom stereocenters. The van der Waals surface area contributed by atoms with Crippen molar-refractivity contribution in [2.24, 2.45) is 0 Å². The van der Waals surface area contributed by atoms with Crippen molar-refractivity contribution in [2.75, 3.05) is 0 Å². The largest absolute Gasteiger partial charge is 0.334 e. The van der Waals surface area contributed by atoms with Gasteiger partial charge in [-0.05, 0) is 49.7 Å². The molecule has 4 rings (SSSR count). The molecule has 3 aromatic carbocycles. The van der Waals surface area contributed by atoms with Crippen LogP contribution in [-0.4, -0.2) is 28.8 Å². The fourth-order valence-corrected chi connectivity index (χ4v) is 3.78. The molecule has 6 heteroatoms. The van der Waals surface area contributed by atoms with Gasteiger partial charge in [-0.3, -0.25) is 9.59 Å². The summed E-state index contributed by atoms with van der Waals surface area (Å²) in [5.41, 5.74) is 7.49. The van der Waals surface area contributed by atoms with Crippen LogP contribution in [0, 0.1) is 13.8 Å². The monoisotopic (exact) mass is 432 g/mol. The topological polar surface area (TPSA) is 61.2 Å². The molecule has 5 nitrogen and oxygen atoms in total. The minimum atomic E-state index is -0.758. The number of amides is 2. The Kier molecular flexibility index (Phi) is 5.87. The third-order valence-electron chi connectivity index (χ3n) is 5.42. The summed E-state index contributed by atoms with van der Waals surface area (Å²) in [6.45, 7) is 4.03. The van der Waals surface area contributed by atoms with Gasteiger partial charge in [0.2, 0.25) is 12.3 Å². The predicted molar refractivity (Wildman–Crippen MR) is 121 cm³/mol. The van der Waals surface area contributed by atoms with E-state index in [-0.39, 0.29) is 11.8 Å². The second-order valence-electron chi connectivity index (χ2n) is 7.68. The molecule has 0 aromatic heterocycles. The lowest BCUT2D eigenvalue weighted by Crippen LogP contribution is -2.42. The highest BCUT2D eigenvalue weighted by Gasteiger charge is 2.47. The van der Waals surface area contributed by atoms with E-state index >= 15 is 0 Å². The molecule has 3 aromatic rings. The van der Waals surface area contributed by atoms with E-state index in [0.717, 1.165) is 22.3 Å². The van der Waals surface area contributed by atoms with Crippen LogP contribution in [0.2, 0.25) is 5.02 Å². The van der Waals surface area contributed by atoms with E-state index in [2.05, 4.69) is 10.7 Å². The third-order valence-corrected chi connectivity index (χ3v) is 5.67. The van der Waals surface area contributed by atoms with Gasteiger partial charge in [-0.15, -0.1) is 10.1 Å². The quantitative estimate of drug-likeness (QED) is 0.613. The molecule has 0 bridgehead atoms. The zero-order chi connectivity index (χ0) is 22.0. The second-order valence-corrected chi connectivity index (χ2v) is 8.12. The molecule has 156 valence electrons. The highest BCUT2D eigenvalue weighted by Crippen LogP contribution is 2.26. The molecule has 1 saturated heterocycles. The molecule has 1 aliphatic rings. The van der Waals surface area contributed by atoms with Crippen molar-refractivity contribution < 1.29 is 14.3 Å². The minimum absolute atomic E-state index is 0.266. The molecule has 1 aliphatic heterocycles. The molecule has 2 amide bonds. The number of nitrogens with one attached hydrogen (secondary N) is 2. The molecule has 0 spiro atoms. The number of carbonyl (C=O) groups excluding carboxylic acids is 2. The van der Waals surface area contributed by atoms with Gasteiger partial charge in [0.05, 0.1) is 0 Å². The van der Waals surface area contributed by atoms with Gasteiger partial charge in [-0.25, -0.2) is 0 Å². The number of nitrogens with zero attached hydrogens (tertiary/aromatic N) is 1. The SMILES string of the molecule is Cc1ccc([C@@H]2[C@@H](NC(=O)c3ccc(Cl)cc3)C(=O)N/[N+]2=C\c2ccccc2C)cc1. The first-order valence-corrected chi connectivity index (χ1v) is 10.4. The van der Waals surface area contributed by atoms with Crippen LogP contribution >= 0.6 is 11.6 Å². The van der Waals surface area contributed by atoms with Crippen molar-refractivity contribution in [3.8, 4) is 0 Å². The summed E-state index contributed by atoms with van der Waals surface area (Å²) in [5.74, 6) is -0.593. The van der Waals surface area contributed by atoms with Crippen LogP contribution in [0.4, 0.5) is 0 Å². The number of halogens is 1. The Morgan fingerprint density at radius 1 is 1.00 bits per heavy atom. The van der Waals surface area contributed by atoms with Gasteiger partial charge in [-0.2, -0.15) is 0 Å². The van der Waals surface area contributed by atoms with E-state index < -0.39 is 12.1 Å². The number of carbonyl (C=O) groups is 2. The van der Waals surface area contributed by atoms with Crippen LogP contribution in [0.15, 0.2) is 72.8 Å². The maximum atomic E-state index is 12.9. The number of hydrazine groups is 1. The van der Waals surface area contributed by atoms with Gasteiger partial charge in [0, 0.05) is 21.7 Å². The molecule has 1 heterocycles. The van der Waals surface area contributed by atoms with Crippen LogP contribution < -0.4 is 10.7 Å². The first kappa shape index (κ1) is 20.8. The van der Waals surface area contributed by atoms with E-state index in [1.54, 1.807) is 28.9 Å². The third kappa shape index (κ3) is 4.52. The Morgan fingerprint density at radius 3 is 2.35 bits per heavy atom. The van der Waals surface area contributed by atoms with E-state index in [4.69, 9.17) is 11.6 Å². The van der Waals surface area contributed by atoms with E-state index in [9.17, 15) is 9.59 Å². The Bertz CT molecular complexity index is 1150. The minimum Gasteiger partial charge on any atom is -0.334 e. The summed E-state index contributed by atoms with van der Waals surface area (Å²) in [5, 5.41) is 3.45. The first-order valence-electron chi connectivity index (χ1n) is 10.0. The van der Waals surface area contributed by atoms with Crippen molar-refractivity contribution >= 4 is 29.6 Å². The number of benzene rings is 3. The molecule has 1 fully saturated rings. The maximum Gasteiger partial charge on any atom is 0.304 e. The second kappa shape index (κ2) is 8.74. The molecule has 31 heavy (non-hydrogen) atoms. The summed E-state index contributed by atoms with van der Waals surface area (Å²) in [6.07, 6.45) is 1.91. The summed E-state index contributed by atoms with van der Waals surface area (Å²) in [6, 6.07) is 21.4. The van der Waals surface area contributed by atoms with Crippen LogP contribution in [0.5, 0.6) is 0 Å². The number of hydrogen-bond acceptors (Lipinski definition) is 2. The zero-order valence-corrected chi connectivity index (χ0v) is 18.1. The standard InChI is InChI=1S/C25H22ClN3O2/c1-16-7-9-18(10-8-16)23-22(27-24(30)19-11-13-21(26)14-12-19)25(31)28-29(23)15-20-6-4-3-5-17(20)2/h3-15,22-23H,1-2H3,(H-,27,28,30,31)/p+1/b29-15-/t22-,23-/m1/s1.